The molecule has 10 nitrogen and oxygen atoms in total. The highest BCUT2D eigenvalue weighted by Gasteiger charge is 2.35. The minimum atomic E-state index is -0.501. The molecule has 3 amide bonds. The largest absolute Gasteiger partial charge is 0.311 e. The standard InChI is InChI=1S/C21H16BrN5O5/c1-12-10-18(26(24-12)14-3-5-15(6-4-14)27(31)32)23-19(28)8-9-25-20(29)16-7-2-13(22)11-17(16)21(25)30/h2-7,10-11H,8-9H2,1H3,(H,23,28). The Balaban J connectivity index is 1.45. The number of benzene rings is 2. The molecular weight excluding hydrogens is 482 g/mol. The lowest BCUT2D eigenvalue weighted by Crippen LogP contribution is -2.33. The molecule has 1 N–H and O–H groups in total. The number of imide groups is 1. The highest BCUT2D eigenvalue weighted by Crippen LogP contribution is 2.26. The maximum atomic E-state index is 12.5. The first-order valence-corrected chi connectivity index (χ1v) is 10.3. The van der Waals surface area contributed by atoms with Crippen molar-refractivity contribution < 1.29 is 19.3 Å². The molecule has 0 aliphatic carbocycles. The Morgan fingerprint density at radius 2 is 1.78 bits per heavy atom. The number of nitro groups is 1. The SMILES string of the molecule is Cc1cc(NC(=O)CCN2C(=O)c3ccc(Br)cc3C2=O)n(-c2ccc([N+](=O)[O-])cc2)n1. The molecule has 3 aromatic rings. The first-order valence-electron chi connectivity index (χ1n) is 9.51. The molecular formula is C21H16BrN5O5. The van der Waals surface area contributed by atoms with E-state index >= 15 is 0 Å². The number of anilines is 1. The van der Waals surface area contributed by atoms with Gasteiger partial charge < -0.3 is 5.32 Å². The average molecular weight is 498 g/mol. The fourth-order valence-electron chi connectivity index (χ4n) is 3.39. The van der Waals surface area contributed by atoms with Crippen molar-refractivity contribution in [2.24, 2.45) is 0 Å². The van der Waals surface area contributed by atoms with Crippen LogP contribution in [0, 0.1) is 17.0 Å². The van der Waals surface area contributed by atoms with Gasteiger partial charge in [0.25, 0.3) is 17.5 Å². The number of nitro benzene ring substituents is 1. The Hall–Kier alpha value is -3.86. The summed E-state index contributed by atoms with van der Waals surface area (Å²) < 4.78 is 2.14. The minimum absolute atomic E-state index is 0.0591. The molecule has 1 aliphatic rings. The van der Waals surface area contributed by atoms with Gasteiger partial charge in [0.05, 0.1) is 27.4 Å². The van der Waals surface area contributed by atoms with E-state index in [0.29, 0.717) is 32.8 Å². The van der Waals surface area contributed by atoms with Crippen molar-refractivity contribution in [3.8, 4) is 5.69 Å². The molecule has 0 saturated carbocycles. The molecule has 0 fully saturated rings. The number of non-ortho nitro benzene ring substituents is 1. The van der Waals surface area contributed by atoms with Crippen LogP contribution in [-0.4, -0.2) is 43.9 Å². The van der Waals surface area contributed by atoms with Crippen molar-refractivity contribution in [1.82, 2.24) is 14.7 Å². The number of aromatic nitrogens is 2. The van der Waals surface area contributed by atoms with Crippen LogP contribution in [0.2, 0.25) is 0 Å². The maximum absolute atomic E-state index is 12.5. The predicted molar refractivity (Wildman–Crippen MR) is 118 cm³/mol. The maximum Gasteiger partial charge on any atom is 0.269 e. The van der Waals surface area contributed by atoms with Crippen LogP contribution in [0.15, 0.2) is 53.0 Å². The smallest absolute Gasteiger partial charge is 0.269 e. The molecule has 2 aromatic carbocycles. The number of nitrogens with one attached hydrogen (secondary N) is 1. The predicted octanol–water partition coefficient (Wildman–Crippen LogP) is 3.48. The second kappa shape index (κ2) is 8.35. The molecule has 162 valence electrons. The molecule has 4 rings (SSSR count). The van der Waals surface area contributed by atoms with Gasteiger partial charge in [-0.15, -0.1) is 0 Å². The van der Waals surface area contributed by atoms with E-state index in [9.17, 15) is 24.5 Å². The summed E-state index contributed by atoms with van der Waals surface area (Å²) in [6.07, 6.45) is -0.100. The van der Waals surface area contributed by atoms with Gasteiger partial charge in [0.15, 0.2) is 0 Å². The van der Waals surface area contributed by atoms with E-state index in [1.54, 1.807) is 31.2 Å². The quantitative estimate of drug-likeness (QED) is 0.315. The summed E-state index contributed by atoms with van der Waals surface area (Å²) in [5.74, 6) is -0.915. The fraction of sp³-hybridized carbons (Fsp3) is 0.143. The molecule has 0 saturated heterocycles. The molecule has 11 heteroatoms. The lowest BCUT2D eigenvalue weighted by molar-refractivity contribution is -0.384. The Morgan fingerprint density at radius 3 is 2.47 bits per heavy atom. The average Bonchev–Trinajstić information content (AvgIpc) is 3.23. The van der Waals surface area contributed by atoms with Crippen LogP contribution in [-0.2, 0) is 4.79 Å². The van der Waals surface area contributed by atoms with Gasteiger partial charge in [-0.05, 0) is 37.3 Å². The van der Waals surface area contributed by atoms with Crippen molar-refractivity contribution in [2.45, 2.75) is 13.3 Å². The number of nitrogens with zero attached hydrogens (tertiary/aromatic N) is 4. The first-order chi connectivity index (χ1) is 15.2. The molecule has 0 atom stereocenters. The summed E-state index contributed by atoms with van der Waals surface area (Å²) >= 11 is 3.28. The van der Waals surface area contributed by atoms with Gasteiger partial charge in [-0.3, -0.25) is 29.4 Å². The number of carbonyl (C=O) groups is 3. The lowest BCUT2D eigenvalue weighted by Gasteiger charge is -2.14. The van der Waals surface area contributed by atoms with E-state index in [1.807, 2.05) is 0 Å². The van der Waals surface area contributed by atoms with Crippen molar-refractivity contribution in [3.05, 3.63) is 79.9 Å². The third-order valence-corrected chi connectivity index (χ3v) is 5.39. The molecule has 2 heterocycles. The van der Waals surface area contributed by atoms with E-state index in [-0.39, 0.29) is 18.7 Å². The molecule has 32 heavy (non-hydrogen) atoms. The molecule has 0 spiro atoms. The summed E-state index contributed by atoms with van der Waals surface area (Å²) in [6.45, 7) is 1.68. The van der Waals surface area contributed by atoms with Crippen LogP contribution in [0.5, 0.6) is 0 Å². The summed E-state index contributed by atoms with van der Waals surface area (Å²) in [7, 11) is 0. The van der Waals surface area contributed by atoms with Gasteiger partial charge in [-0.25, -0.2) is 4.68 Å². The Labute approximate surface area is 190 Å². The zero-order chi connectivity index (χ0) is 23.0. The van der Waals surface area contributed by atoms with E-state index in [4.69, 9.17) is 0 Å². The zero-order valence-corrected chi connectivity index (χ0v) is 18.3. The molecule has 0 bridgehead atoms. The summed E-state index contributed by atoms with van der Waals surface area (Å²) in [4.78, 5) is 49.0. The van der Waals surface area contributed by atoms with Gasteiger partial charge in [0.1, 0.15) is 5.82 Å². The second-order valence-corrected chi connectivity index (χ2v) is 8.02. The highest BCUT2D eigenvalue weighted by molar-refractivity contribution is 9.10. The van der Waals surface area contributed by atoms with Crippen LogP contribution in [0.3, 0.4) is 0 Å². The van der Waals surface area contributed by atoms with Crippen LogP contribution < -0.4 is 5.32 Å². The Kier molecular flexibility index (Phi) is 5.57. The molecule has 0 unspecified atom stereocenters. The van der Waals surface area contributed by atoms with Crippen molar-refractivity contribution in [3.63, 3.8) is 0 Å². The molecule has 1 aromatic heterocycles. The summed E-state index contributed by atoms with van der Waals surface area (Å²) in [5.41, 5.74) is 1.72. The highest BCUT2D eigenvalue weighted by atomic mass is 79.9. The van der Waals surface area contributed by atoms with Crippen LogP contribution in [0.4, 0.5) is 11.5 Å². The van der Waals surface area contributed by atoms with Gasteiger partial charge in [-0.1, -0.05) is 15.9 Å². The van der Waals surface area contributed by atoms with Crippen LogP contribution in [0.25, 0.3) is 5.69 Å². The van der Waals surface area contributed by atoms with Crippen molar-refractivity contribution in [2.75, 3.05) is 11.9 Å². The number of carbonyl (C=O) groups excluding carboxylic acids is 3. The molecule has 1 aliphatic heterocycles. The number of amides is 3. The van der Waals surface area contributed by atoms with Gasteiger partial charge >= 0.3 is 0 Å². The number of aryl methyl sites for hydroxylation is 1. The fourth-order valence-corrected chi connectivity index (χ4v) is 3.75. The summed E-state index contributed by atoms with van der Waals surface area (Å²) in [6, 6.07) is 12.2. The zero-order valence-electron chi connectivity index (χ0n) is 16.7. The summed E-state index contributed by atoms with van der Waals surface area (Å²) in [5, 5.41) is 17.9. The van der Waals surface area contributed by atoms with Gasteiger partial charge in [0.2, 0.25) is 5.91 Å². The number of fused-ring (bicyclic) bond motifs is 1. The second-order valence-electron chi connectivity index (χ2n) is 7.11. The van der Waals surface area contributed by atoms with E-state index in [1.165, 1.54) is 28.9 Å². The number of hydrogen-bond donors (Lipinski definition) is 1. The number of hydrogen-bond acceptors (Lipinski definition) is 6. The third-order valence-electron chi connectivity index (χ3n) is 4.90. The first kappa shape index (κ1) is 21.4. The number of rotatable bonds is 6. The van der Waals surface area contributed by atoms with Gasteiger partial charge in [-0.2, -0.15) is 5.10 Å². The normalized spacial score (nSPS) is 12.8. The van der Waals surface area contributed by atoms with Crippen LogP contribution in [0.1, 0.15) is 32.8 Å². The topological polar surface area (TPSA) is 127 Å². The minimum Gasteiger partial charge on any atom is -0.311 e. The Bertz CT molecular complexity index is 1270. The Morgan fingerprint density at radius 1 is 1.09 bits per heavy atom. The monoisotopic (exact) mass is 497 g/mol. The lowest BCUT2D eigenvalue weighted by atomic mass is 10.1. The van der Waals surface area contributed by atoms with Crippen molar-refractivity contribution >= 4 is 45.2 Å². The van der Waals surface area contributed by atoms with E-state index < -0.39 is 22.6 Å². The van der Waals surface area contributed by atoms with Crippen molar-refractivity contribution in [1.29, 1.82) is 0 Å². The van der Waals surface area contributed by atoms with E-state index in [0.717, 1.165) is 4.90 Å². The third kappa shape index (κ3) is 4.02. The molecule has 0 radical (unpaired) electrons. The van der Waals surface area contributed by atoms with Gasteiger partial charge in [0, 0.05) is 35.6 Å². The van der Waals surface area contributed by atoms with Crippen LogP contribution >= 0.6 is 15.9 Å². The number of halogens is 1. The van der Waals surface area contributed by atoms with E-state index in [2.05, 4.69) is 26.3 Å².